The predicted octanol–water partition coefficient (Wildman–Crippen LogP) is 4.24. The second-order valence-corrected chi connectivity index (χ2v) is 7.46. The number of hydrogen-bond donors (Lipinski definition) is 0. The van der Waals surface area contributed by atoms with Gasteiger partial charge in [0.15, 0.2) is 13.6 Å². The molecule has 29 heavy (non-hydrogen) atoms. The van der Waals surface area contributed by atoms with E-state index in [4.69, 9.17) is 23.7 Å². The van der Waals surface area contributed by atoms with Gasteiger partial charge >= 0.3 is 0 Å². The molecular formula is C23H26O6. The van der Waals surface area contributed by atoms with Gasteiger partial charge in [-0.15, -0.1) is 0 Å². The molecule has 3 atom stereocenters. The van der Waals surface area contributed by atoms with Crippen LogP contribution in [0.25, 0.3) is 0 Å². The van der Waals surface area contributed by atoms with Crippen molar-refractivity contribution in [1.82, 2.24) is 0 Å². The summed E-state index contributed by atoms with van der Waals surface area (Å²) in [6.45, 7) is 0.403. The lowest BCUT2D eigenvalue weighted by molar-refractivity contribution is -0.122. The highest BCUT2D eigenvalue weighted by Crippen LogP contribution is 2.52. The third kappa shape index (κ3) is 4.23. The third-order valence-electron chi connectivity index (χ3n) is 5.64. The van der Waals surface area contributed by atoms with Crippen molar-refractivity contribution in [3.8, 4) is 17.2 Å². The Morgan fingerprint density at radius 1 is 0.966 bits per heavy atom. The Morgan fingerprint density at radius 3 is 2.38 bits per heavy atom. The van der Waals surface area contributed by atoms with Crippen LogP contribution in [0.5, 0.6) is 17.2 Å². The molecule has 1 heterocycles. The van der Waals surface area contributed by atoms with Crippen LogP contribution in [-0.2, 0) is 14.3 Å². The van der Waals surface area contributed by atoms with Crippen molar-refractivity contribution < 1.29 is 28.5 Å². The van der Waals surface area contributed by atoms with E-state index < -0.39 is 0 Å². The molecule has 0 saturated heterocycles. The lowest BCUT2D eigenvalue weighted by Crippen LogP contribution is -2.34. The highest BCUT2D eigenvalue weighted by atomic mass is 16.7. The van der Waals surface area contributed by atoms with E-state index in [2.05, 4.69) is 0 Å². The summed E-state index contributed by atoms with van der Waals surface area (Å²) in [5, 5.41) is 0. The maximum atomic E-state index is 12.3. The zero-order valence-corrected chi connectivity index (χ0v) is 16.8. The van der Waals surface area contributed by atoms with Gasteiger partial charge in [0.25, 0.3) is 0 Å². The number of ketones is 1. The van der Waals surface area contributed by atoms with Crippen LogP contribution >= 0.6 is 0 Å². The molecule has 6 heteroatoms. The lowest BCUT2D eigenvalue weighted by Gasteiger charge is -2.42. The van der Waals surface area contributed by atoms with Crippen molar-refractivity contribution in [2.45, 2.75) is 31.3 Å². The summed E-state index contributed by atoms with van der Waals surface area (Å²) in [5.74, 6) is 2.97. The normalized spacial score (nSPS) is 23.0. The second-order valence-electron chi connectivity index (χ2n) is 7.46. The Balaban J connectivity index is 1.63. The Kier molecular flexibility index (Phi) is 6.02. The first-order valence-electron chi connectivity index (χ1n) is 9.85. The molecule has 0 amide bonds. The summed E-state index contributed by atoms with van der Waals surface area (Å²) >= 11 is 0. The summed E-state index contributed by atoms with van der Waals surface area (Å²) in [7, 11) is 3.19. The molecule has 0 N–H and O–H groups in total. The monoisotopic (exact) mass is 398 g/mol. The summed E-state index contributed by atoms with van der Waals surface area (Å²) in [6.07, 6.45) is 1.87. The molecule has 0 radical (unpaired) electrons. The molecule has 2 aromatic carbocycles. The van der Waals surface area contributed by atoms with Gasteiger partial charge in [-0.3, -0.25) is 4.79 Å². The molecule has 4 rings (SSSR count). The first-order chi connectivity index (χ1) is 14.2. The van der Waals surface area contributed by atoms with Crippen molar-refractivity contribution in [1.29, 1.82) is 0 Å². The topological polar surface area (TPSA) is 63.2 Å². The Labute approximate surface area is 170 Å². The Hall–Kier alpha value is -2.57. The molecule has 1 fully saturated rings. The fourth-order valence-electron chi connectivity index (χ4n) is 4.29. The van der Waals surface area contributed by atoms with Crippen molar-refractivity contribution in [3.05, 3.63) is 53.6 Å². The zero-order valence-electron chi connectivity index (χ0n) is 16.8. The molecule has 2 aromatic rings. The largest absolute Gasteiger partial charge is 0.485 e. The van der Waals surface area contributed by atoms with E-state index in [0.29, 0.717) is 18.6 Å². The van der Waals surface area contributed by atoms with Gasteiger partial charge in [-0.1, -0.05) is 12.1 Å². The molecule has 0 spiro atoms. The van der Waals surface area contributed by atoms with Crippen molar-refractivity contribution in [2.24, 2.45) is 5.92 Å². The van der Waals surface area contributed by atoms with Crippen molar-refractivity contribution >= 4 is 5.78 Å². The van der Waals surface area contributed by atoms with Crippen LogP contribution in [0, 0.1) is 5.92 Å². The van der Waals surface area contributed by atoms with Crippen LogP contribution in [0.1, 0.15) is 42.4 Å². The van der Waals surface area contributed by atoms with E-state index in [1.807, 2.05) is 42.5 Å². The highest BCUT2D eigenvalue weighted by Gasteiger charge is 2.42. The first-order valence-corrected chi connectivity index (χ1v) is 9.85. The van der Waals surface area contributed by atoms with Gasteiger partial charge in [0.1, 0.15) is 29.1 Å². The number of Topliss-reactive ketones (excluding diaryl/α,β-unsaturated/α-hetero) is 1. The van der Waals surface area contributed by atoms with Gasteiger partial charge in [0.05, 0.1) is 0 Å². The lowest BCUT2D eigenvalue weighted by atomic mass is 9.69. The van der Waals surface area contributed by atoms with E-state index in [1.165, 1.54) is 0 Å². The van der Waals surface area contributed by atoms with E-state index in [9.17, 15) is 4.79 Å². The number of fused-ring (bicyclic) bond motifs is 3. The van der Waals surface area contributed by atoms with E-state index in [1.54, 1.807) is 14.2 Å². The summed E-state index contributed by atoms with van der Waals surface area (Å²) in [5.41, 5.74) is 2.14. The second kappa shape index (κ2) is 8.84. The van der Waals surface area contributed by atoms with Gasteiger partial charge in [0.2, 0.25) is 0 Å². The van der Waals surface area contributed by atoms with E-state index in [0.717, 1.165) is 34.8 Å². The third-order valence-corrected chi connectivity index (χ3v) is 5.64. The van der Waals surface area contributed by atoms with Gasteiger partial charge < -0.3 is 23.7 Å². The molecule has 0 bridgehead atoms. The minimum Gasteiger partial charge on any atom is -0.485 e. The fraction of sp³-hybridized carbons (Fsp3) is 0.435. The minimum absolute atomic E-state index is 0.0946. The van der Waals surface area contributed by atoms with E-state index in [-0.39, 0.29) is 31.5 Å². The molecule has 6 nitrogen and oxygen atoms in total. The van der Waals surface area contributed by atoms with E-state index >= 15 is 0 Å². The Bertz CT molecular complexity index is 847. The average molecular weight is 398 g/mol. The maximum Gasteiger partial charge on any atom is 0.188 e. The fourth-order valence-corrected chi connectivity index (χ4v) is 4.29. The molecule has 0 aromatic heterocycles. The Morgan fingerprint density at radius 2 is 1.66 bits per heavy atom. The van der Waals surface area contributed by atoms with Crippen LogP contribution < -0.4 is 14.2 Å². The molecule has 1 saturated carbocycles. The summed E-state index contributed by atoms with van der Waals surface area (Å²) in [6, 6.07) is 13.7. The van der Waals surface area contributed by atoms with Gasteiger partial charge in [-0.25, -0.2) is 0 Å². The van der Waals surface area contributed by atoms with Crippen molar-refractivity contribution in [2.75, 3.05) is 27.8 Å². The number of methoxy groups -OCH3 is 2. The number of ether oxygens (including phenoxy) is 5. The molecular weight excluding hydrogens is 372 g/mol. The predicted molar refractivity (Wildman–Crippen MR) is 106 cm³/mol. The number of carbonyl (C=O) groups excluding carboxylic acids is 1. The van der Waals surface area contributed by atoms with Crippen LogP contribution in [-0.4, -0.2) is 33.6 Å². The van der Waals surface area contributed by atoms with Gasteiger partial charge in [0, 0.05) is 44.5 Å². The average Bonchev–Trinajstić information content (AvgIpc) is 2.76. The van der Waals surface area contributed by atoms with Crippen LogP contribution in [0.3, 0.4) is 0 Å². The number of benzene rings is 2. The zero-order chi connectivity index (χ0) is 20.2. The first kappa shape index (κ1) is 19.7. The molecule has 1 aliphatic carbocycles. The summed E-state index contributed by atoms with van der Waals surface area (Å²) < 4.78 is 27.5. The quantitative estimate of drug-likeness (QED) is 0.650. The van der Waals surface area contributed by atoms with Gasteiger partial charge in [-0.2, -0.15) is 0 Å². The molecule has 154 valence electrons. The molecule has 1 unspecified atom stereocenters. The standard InChI is InChI=1S/C23H26O6/c1-25-13-27-17-6-3-15(4-7-17)23-19-9-5-16(24)11-20(19)21-12-18(28-14-26-2)8-10-22(21)29-23/h3-4,6-8,10,12,19-20,23H,5,9,11,13-14H2,1-2H3/t19-,20+,23?/m1/s1. The summed E-state index contributed by atoms with van der Waals surface area (Å²) in [4.78, 5) is 12.3. The minimum atomic E-state index is -0.0946. The van der Waals surface area contributed by atoms with Crippen LogP contribution in [0.15, 0.2) is 42.5 Å². The molecule has 2 aliphatic rings. The SMILES string of the molecule is COCOc1ccc(C2Oc3ccc(OCOC)cc3[C@H]3CC(=O)CC[C@@H]23)cc1. The van der Waals surface area contributed by atoms with Crippen molar-refractivity contribution in [3.63, 3.8) is 0 Å². The number of carbonyl (C=O) groups is 1. The van der Waals surface area contributed by atoms with Crippen LogP contribution in [0.4, 0.5) is 0 Å². The van der Waals surface area contributed by atoms with Gasteiger partial charge in [-0.05, 0) is 42.3 Å². The maximum absolute atomic E-state index is 12.3. The van der Waals surface area contributed by atoms with Crippen LogP contribution in [0.2, 0.25) is 0 Å². The smallest absolute Gasteiger partial charge is 0.188 e. The highest BCUT2D eigenvalue weighted by molar-refractivity contribution is 5.80. The number of rotatable bonds is 7. The molecule has 1 aliphatic heterocycles. The number of hydrogen-bond acceptors (Lipinski definition) is 6.